The standard InChI is InChI=1S/C18H25FN2O2/c1-4-16(23-17-8-6-5-7-15(17)19)18(22)21-11-9-20(10-12-21)13-14(2)3/h5-8,16H,2,4,9-13H2,1,3H3. The third-order valence-corrected chi connectivity index (χ3v) is 3.93. The van der Waals surface area contributed by atoms with Gasteiger partial charge < -0.3 is 9.64 Å². The number of piperazine rings is 1. The first-order valence-corrected chi connectivity index (χ1v) is 8.08. The average Bonchev–Trinajstić information content (AvgIpc) is 2.54. The fourth-order valence-electron chi connectivity index (χ4n) is 2.71. The van der Waals surface area contributed by atoms with Gasteiger partial charge in [0.25, 0.3) is 5.91 Å². The molecule has 1 fully saturated rings. The zero-order chi connectivity index (χ0) is 16.8. The average molecular weight is 320 g/mol. The van der Waals surface area contributed by atoms with E-state index in [0.29, 0.717) is 19.5 Å². The van der Waals surface area contributed by atoms with Crippen LogP contribution in [-0.4, -0.2) is 54.5 Å². The molecule has 0 aliphatic carbocycles. The van der Waals surface area contributed by atoms with E-state index in [2.05, 4.69) is 11.5 Å². The van der Waals surface area contributed by atoms with E-state index in [1.165, 1.54) is 6.07 Å². The number of halogens is 1. The van der Waals surface area contributed by atoms with Gasteiger partial charge in [-0.05, 0) is 25.5 Å². The van der Waals surface area contributed by atoms with Gasteiger partial charge in [0.1, 0.15) is 0 Å². The number of hydrogen-bond acceptors (Lipinski definition) is 3. The van der Waals surface area contributed by atoms with Gasteiger partial charge in [0.2, 0.25) is 0 Å². The first kappa shape index (κ1) is 17.5. The molecule has 1 aliphatic rings. The van der Waals surface area contributed by atoms with Crippen LogP contribution in [0, 0.1) is 5.82 Å². The highest BCUT2D eigenvalue weighted by Crippen LogP contribution is 2.19. The monoisotopic (exact) mass is 320 g/mol. The van der Waals surface area contributed by atoms with Crippen LogP contribution < -0.4 is 4.74 Å². The predicted molar refractivity (Wildman–Crippen MR) is 88.9 cm³/mol. The Balaban J connectivity index is 1.93. The van der Waals surface area contributed by atoms with Crippen LogP contribution in [0.2, 0.25) is 0 Å². The first-order chi connectivity index (χ1) is 11.0. The molecular formula is C18H25FN2O2. The maximum atomic E-state index is 13.7. The Morgan fingerprint density at radius 1 is 1.30 bits per heavy atom. The Labute approximate surface area is 137 Å². The molecule has 1 heterocycles. The highest BCUT2D eigenvalue weighted by molar-refractivity contribution is 5.81. The van der Waals surface area contributed by atoms with E-state index in [-0.39, 0.29) is 11.7 Å². The van der Waals surface area contributed by atoms with Crippen molar-refractivity contribution in [3.8, 4) is 5.75 Å². The molecule has 5 heteroatoms. The fraction of sp³-hybridized carbons (Fsp3) is 0.500. The number of benzene rings is 1. The van der Waals surface area contributed by atoms with Crippen LogP contribution in [0.4, 0.5) is 4.39 Å². The molecule has 1 atom stereocenters. The number of nitrogens with zero attached hydrogens (tertiary/aromatic N) is 2. The Morgan fingerprint density at radius 2 is 1.96 bits per heavy atom. The third kappa shape index (κ3) is 4.79. The largest absolute Gasteiger partial charge is 0.478 e. The molecule has 0 spiro atoms. The molecule has 1 saturated heterocycles. The van der Waals surface area contributed by atoms with E-state index in [1.807, 2.05) is 18.7 Å². The zero-order valence-corrected chi connectivity index (χ0v) is 13.9. The van der Waals surface area contributed by atoms with Gasteiger partial charge in [-0.15, -0.1) is 0 Å². The number of amides is 1. The molecule has 0 bridgehead atoms. The van der Waals surface area contributed by atoms with Crippen molar-refractivity contribution in [2.24, 2.45) is 0 Å². The summed E-state index contributed by atoms with van der Waals surface area (Å²) in [4.78, 5) is 16.7. The van der Waals surface area contributed by atoms with E-state index >= 15 is 0 Å². The highest BCUT2D eigenvalue weighted by Gasteiger charge is 2.28. The van der Waals surface area contributed by atoms with E-state index in [0.717, 1.165) is 25.2 Å². The summed E-state index contributed by atoms with van der Waals surface area (Å²) in [7, 11) is 0. The molecule has 1 unspecified atom stereocenters. The molecule has 0 radical (unpaired) electrons. The Kier molecular flexibility index (Phi) is 6.16. The van der Waals surface area contributed by atoms with Gasteiger partial charge in [-0.1, -0.05) is 31.2 Å². The maximum Gasteiger partial charge on any atom is 0.263 e. The third-order valence-electron chi connectivity index (χ3n) is 3.93. The summed E-state index contributed by atoms with van der Waals surface area (Å²) in [6, 6.07) is 6.19. The number of carbonyl (C=O) groups is 1. The minimum atomic E-state index is -0.639. The van der Waals surface area contributed by atoms with Crippen LogP contribution in [0.25, 0.3) is 0 Å². The van der Waals surface area contributed by atoms with Crippen LogP contribution in [0.1, 0.15) is 20.3 Å². The van der Waals surface area contributed by atoms with E-state index in [4.69, 9.17) is 4.74 Å². The second-order valence-electron chi connectivity index (χ2n) is 6.00. The fourth-order valence-corrected chi connectivity index (χ4v) is 2.71. The summed E-state index contributed by atoms with van der Waals surface area (Å²) >= 11 is 0. The summed E-state index contributed by atoms with van der Waals surface area (Å²) in [6.45, 7) is 11.7. The van der Waals surface area contributed by atoms with Crippen molar-refractivity contribution in [1.82, 2.24) is 9.80 Å². The van der Waals surface area contributed by atoms with Gasteiger partial charge in [0, 0.05) is 32.7 Å². The van der Waals surface area contributed by atoms with Crippen molar-refractivity contribution in [1.29, 1.82) is 0 Å². The molecule has 1 amide bonds. The second kappa shape index (κ2) is 8.11. The lowest BCUT2D eigenvalue weighted by atomic mass is 10.2. The smallest absolute Gasteiger partial charge is 0.263 e. The summed E-state index contributed by atoms with van der Waals surface area (Å²) in [5.41, 5.74) is 1.12. The van der Waals surface area contributed by atoms with Crippen LogP contribution in [-0.2, 0) is 4.79 Å². The number of carbonyl (C=O) groups excluding carboxylic acids is 1. The predicted octanol–water partition coefficient (Wildman–Crippen LogP) is 2.70. The molecular weight excluding hydrogens is 295 g/mol. The van der Waals surface area contributed by atoms with E-state index < -0.39 is 11.9 Å². The zero-order valence-electron chi connectivity index (χ0n) is 13.9. The molecule has 0 aromatic heterocycles. The Morgan fingerprint density at radius 3 is 2.52 bits per heavy atom. The number of para-hydroxylation sites is 1. The molecule has 1 aliphatic heterocycles. The van der Waals surface area contributed by atoms with Crippen LogP contribution >= 0.6 is 0 Å². The lowest BCUT2D eigenvalue weighted by Crippen LogP contribution is -2.52. The summed E-state index contributed by atoms with van der Waals surface area (Å²) in [6.07, 6.45) is -0.126. The molecule has 23 heavy (non-hydrogen) atoms. The van der Waals surface area contributed by atoms with Crippen LogP contribution in [0.3, 0.4) is 0 Å². The van der Waals surface area contributed by atoms with Crippen molar-refractivity contribution in [3.05, 3.63) is 42.2 Å². The number of rotatable bonds is 6. The Bertz CT molecular complexity index is 554. The van der Waals surface area contributed by atoms with Gasteiger partial charge in [0.15, 0.2) is 17.7 Å². The summed E-state index contributed by atoms with van der Waals surface area (Å²) in [5, 5.41) is 0. The summed E-state index contributed by atoms with van der Waals surface area (Å²) in [5.74, 6) is -0.371. The van der Waals surface area contributed by atoms with Gasteiger partial charge in [-0.3, -0.25) is 9.69 Å². The van der Waals surface area contributed by atoms with Crippen molar-refractivity contribution in [2.45, 2.75) is 26.4 Å². The number of hydrogen-bond donors (Lipinski definition) is 0. The Hall–Kier alpha value is -1.88. The van der Waals surface area contributed by atoms with Gasteiger partial charge in [-0.25, -0.2) is 4.39 Å². The minimum Gasteiger partial charge on any atom is -0.478 e. The molecule has 126 valence electrons. The first-order valence-electron chi connectivity index (χ1n) is 8.08. The van der Waals surface area contributed by atoms with E-state index in [1.54, 1.807) is 18.2 Å². The van der Waals surface area contributed by atoms with E-state index in [9.17, 15) is 9.18 Å². The lowest BCUT2D eigenvalue weighted by molar-refractivity contribution is -0.140. The van der Waals surface area contributed by atoms with Crippen LogP contribution in [0.15, 0.2) is 36.4 Å². The molecule has 1 aromatic rings. The molecule has 0 saturated carbocycles. The van der Waals surface area contributed by atoms with Crippen molar-refractivity contribution < 1.29 is 13.9 Å². The topological polar surface area (TPSA) is 32.8 Å². The molecule has 1 aromatic carbocycles. The minimum absolute atomic E-state index is 0.0641. The van der Waals surface area contributed by atoms with Crippen molar-refractivity contribution in [3.63, 3.8) is 0 Å². The molecule has 2 rings (SSSR count). The van der Waals surface area contributed by atoms with Crippen molar-refractivity contribution >= 4 is 5.91 Å². The van der Waals surface area contributed by atoms with Crippen molar-refractivity contribution in [2.75, 3.05) is 32.7 Å². The molecule has 0 N–H and O–H groups in total. The maximum absolute atomic E-state index is 13.7. The lowest BCUT2D eigenvalue weighted by Gasteiger charge is -2.36. The second-order valence-corrected chi connectivity index (χ2v) is 6.00. The van der Waals surface area contributed by atoms with Gasteiger partial charge in [-0.2, -0.15) is 0 Å². The highest BCUT2D eigenvalue weighted by atomic mass is 19.1. The quantitative estimate of drug-likeness (QED) is 0.756. The van der Waals surface area contributed by atoms with Gasteiger partial charge >= 0.3 is 0 Å². The number of ether oxygens (including phenoxy) is 1. The van der Waals surface area contributed by atoms with Gasteiger partial charge in [0.05, 0.1) is 0 Å². The molecule has 4 nitrogen and oxygen atoms in total. The normalized spacial score (nSPS) is 16.9. The van der Waals surface area contributed by atoms with Crippen LogP contribution in [0.5, 0.6) is 5.75 Å². The SMILES string of the molecule is C=C(C)CN1CCN(C(=O)C(CC)Oc2ccccc2F)CC1. The summed E-state index contributed by atoms with van der Waals surface area (Å²) < 4.78 is 19.3.